The first-order chi connectivity index (χ1) is 15.7. The molecular formula is C24H22N4O4. The molecule has 5 rings (SSSR count). The van der Waals surface area contributed by atoms with Crippen molar-refractivity contribution in [2.24, 2.45) is 0 Å². The lowest BCUT2D eigenvalue weighted by Crippen LogP contribution is -2.36. The van der Waals surface area contributed by atoms with Crippen LogP contribution in [0.25, 0.3) is 0 Å². The van der Waals surface area contributed by atoms with Crippen molar-refractivity contribution in [3.63, 3.8) is 0 Å². The Labute approximate surface area is 185 Å². The molecule has 162 valence electrons. The van der Waals surface area contributed by atoms with Gasteiger partial charge in [0.05, 0.1) is 18.9 Å². The molecule has 0 radical (unpaired) electrons. The minimum Gasteiger partial charge on any atom is -0.457 e. The largest absolute Gasteiger partial charge is 0.457 e. The molecule has 8 nitrogen and oxygen atoms in total. The van der Waals surface area contributed by atoms with E-state index < -0.39 is 0 Å². The van der Waals surface area contributed by atoms with Crippen LogP contribution >= 0.6 is 0 Å². The predicted molar refractivity (Wildman–Crippen MR) is 118 cm³/mol. The molecule has 1 aliphatic heterocycles. The zero-order valence-corrected chi connectivity index (χ0v) is 17.4. The third kappa shape index (κ3) is 4.31. The van der Waals surface area contributed by atoms with Crippen LogP contribution in [0.4, 0.5) is 11.5 Å². The first-order valence-corrected chi connectivity index (χ1v) is 10.5. The van der Waals surface area contributed by atoms with Crippen molar-refractivity contribution < 1.29 is 19.1 Å². The number of anilines is 2. The van der Waals surface area contributed by atoms with Crippen molar-refractivity contribution in [1.82, 2.24) is 9.97 Å². The summed E-state index contributed by atoms with van der Waals surface area (Å²) in [5.74, 6) is 1.97. The second-order valence-electron chi connectivity index (χ2n) is 7.71. The van der Waals surface area contributed by atoms with E-state index in [2.05, 4.69) is 20.2 Å². The zero-order valence-electron chi connectivity index (χ0n) is 17.4. The lowest BCUT2D eigenvalue weighted by atomic mass is 10.2. The van der Waals surface area contributed by atoms with Crippen LogP contribution in [0.3, 0.4) is 0 Å². The van der Waals surface area contributed by atoms with Crippen LogP contribution in [-0.2, 0) is 22.4 Å². The van der Waals surface area contributed by atoms with Gasteiger partial charge in [0.2, 0.25) is 0 Å². The van der Waals surface area contributed by atoms with Gasteiger partial charge < -0.3 is 19.7 Å². The third-order valence-corrected chi connectivity index (χ3v) is 5.52. The standard InChI is InChI=1S/C24H22N4O4/c29-18-14-20-21(15-18)25-8-6-22(20)32-19-3-1-17(2-4-19)27-24(30)16-5-7-26-23(13-16)28-9-11-31-12-10-28/h1-8,13H,9-12,14-15H2,(H,27,30). The maximum Gasteiger partial charge on any atom is 0.255 e. The molecule has 1 aromatic carbocycles. The molecule has 1 amide bonds. The number of nitrogens with zero attached hydrogens (tertiary/aromatic N) is 3. The molecule has 3 aromatic rings. The number of ether oxygens (including phenoxy) is 2. The summed E-state index contributed by atoms with van der Waals surface area (Å²) < 4.78 is 11.3. The number of carbonyl (C=O) groups is 2. The van der Waals surface area contributed by atoms with Crippen LogP contribution in [0.2, 0.25) is 0 Å². The van der Waals surface area contributed by atoms with E-state index in [1.807, 2.05) is 0 Å². The molecule has 8 heteroatoms. The van der Waals surface area contributed by atoms with E-state index in [4.69, 9.17) is 9.47 Å². The molecule has 1 saturated heterocycles. The molecule has 1 aliphatic carbocycles. The highest BCUT2D eigenvalue weighted by Crippen LogP contribution is 2.31. The average molecular weight is 430 g/mol. The molecular weight excluding hydrogens is 408 g/mol. The molecule has 32 heavy (non-hydrogen) atoms. The molecule has 0 saturated carbocycles. The number of morpholine rings is 1. The third-order valence-electron chi connectivity index (χ3n) is 5.52. The zero-order chi connectivity index (χ0) is 21.9. The summed E-state index contributed by atoms with van der Waals surface area (Å²) in [5.41, 5.74) is 2.83. The van der Waals surface area contributed by atoms with Gasteiger partial charge >= 0.3 is 0 Å². The van der Waals surface area contributed by atoms with Crippen LogP contribution in [0.5, 0.6) is 11.5 Å². The van der Waals surface area contributed by atoms with Gasteiger partial charge in [-0.25, -0.2) is 4.98 Å². The molecule has 0 bridgehead atoms. The quantitative estimate of drug-likeness (QED) is 0.665. The lowest BCUT2D eigenvalue weighted by molar-refractivity contribution is -0.117. The average Bonchev–Trinajstić information content (AvgIpc) is 3.22. The van der Waals surface area contributed by atoms with Gasteiger partial charge in [-0.05, 0) is 42.5 Å². The Bertz CT molecular complexity index is 1160. The Hall–Kier alpha value is -3.78. The maximum atomic E-state index is 12.7. The summed E-state index contributed by atoms with van der Waals surface area (Å²) in [5, 5.41) is 2.91. The highest BCUT2D eigenvalue weighted by Gasteiger charge is 2.23. The molecule has 2 aliphatic rings. The molecule has 0 spiro atoms. The number of hydrogen-bond acceptors (Lipinski definition) is 7. The predicted octanol–water partition coefficient (Wildman–Crippen LogP) is 3.03. The molecule has 0 atom stereocenters. The number of amides is 1. The number of pyridine rings is 2. The lowest BCUT2D eigenvalue weighted by Gasteiger charge is -2.27. The van der Waals surface area contributed by atoms with E-state index in [-0.39, 0.29) is 11.7 Å². The first-order valence-electron chi connectivity index (χ1n) is 10.5. The van der Waals surface area contributed by atoms with E-state index in [1.165, 1.54) is 0 Å². The Kier molecular flexibility index (Phi) is 5.51. The summed E-state index contributed by atoms with van der Waals surface area (Å²) in [6.45, 7) is 2.83. The highest BCUT2D eigenvalue weighted by molar-refractivity contribution is 6.04. The number of hydrogen-bond donors (Lipinski definition) is 1. The van der Waals surface area contributed by atoms with Crippen molar-refractivity contribution in [3.8, 4) is 11.5 Å². The fraction of sp³-hybridized carbons (Fsp3) is 0.250. The van der Waals surface area contributed by atoms with E-state index in [0.29, 0.717) is 48.8 Å². The summed E-state index contributed by atoms with van der Waals surface area (Å²) in [6.07, 6.45) is 4.01. The van der Waals surface area contributed by atoms with Gasteiger partial charge in [-0.15, -0.1) is 0 Å². The van der Waals surface area contributed by atoms with E-state index in [9.17, 15) is 9.59 Å². The number of nitrogens with one attached hydrogen (secondary N) is 1. The smallest absolute Gasteiger partial charge is 0.255 e. The van der Waals surface area contributed by atoms with Crippen molar-refractivity contribution >= 4 is 23.2 Å². The van der Waals surface area contributed by atoms with Gasteiger partial charge in [0.15, 0.2) is 0 Å². The fourth-order valence-electron chi connectivity index (χ4n) is 3.86. The van der Waals surface area contributed by atoms with Crippen molar-refractivity contribution in [3.05, 3.63) is 71.7 Å². The second-order valence-corrected chi connectivity index (χ2v) is 7.71. The van der Waals surface area contributed by atoms with Gasteiger partial charge in [-0.1, -0.05) is 0 Å². The Morgan fingerprint density at radius 2 is 1.78 bits per heavy atom. The number of Topliss-reactive ketones (excluding diaryl/α,β-unsaturated/α-hetero) is 1. The number of fused-ring (bicyclic) bond motifs is 1. The SMILES string of the molecule is O=C1Cc2nccc(Oc3ccc(NC(=O)c4ccnc(N5CCOCC5)c4)cc3)c2C1. The summed E-state index contributed by atoms with van der Waals surface area (Å²) in [4.78, 5) is 35.2. The monoisotopic (exact) mass is 430 g/mol. The molecule has 2 aromatic heterocycles. The Balaban J connectivity index is 1.25. The van der Waals surface area contributed by atoms with E-state index in [1.54, 1.807) is 54.9 Å². The van der Waals surface area contributed by atoms with Gasteiger partial charge in [-0.3, -0.25) is 14.6 Å². The van der Waals surface area contributed by atoms with E-state index >= 15 is 0 Å². The summed E-state index contributed by atoms with van der Waals surface area (Å²) >= 11 is 0. The maximum absolute atomic E-state index is 12.7. The molecule has 3 heterocycles. The van der Waals surface area contributed by atoms with Crippen LogP contribution < -0.4 is 15.0 Å². The second kappa shape index (κ2) is 8.76. The van der Waals surface area contributed by atoms with Crippen LogP contribution in [-0.4, -0.2) is 48.0 Å². The highest BCUT2D eigenvalue weighted by atomic mass is 16.5. The van der Waals surface area contributed by atoms with Crippen molar-refractivity contribution in [2.75, 3.05) is 36.5 Å². The van der Waals surface area contributed by atoms with Gasteiger partial charge in [0, 0.05) is 55.1 Å². The van der Waals surface area contributed by atoms with Gasteiger partial charge in [-0.2, -0.15) is 0 Å². The summed E-state index contributed by atoms with van der Waals surface area (Å²) in [6, 6.07) is 12.4. The van der Waals surface area contributed by atoms with Crippen molar-refractivity contribution in [1.29, 1.82) is 0 Å². The van der Waals surface area contributed by atoms with Gasteiger partial charge in [0.1, 0.15) is 23.1 Å². The fourth-order valence-corrected chi connectivity index (χ4v) is 3.86. The molecule has 1 N–H and O–H groups in total. The normalized spacial score (nSPS) is 15.4. The Morgan fingerprint density at radius 3 is 2.59 bits per heavy atom. The number of rotatable bonds is 5. The minimum absolute atomic E-state index is 0.148. The number of carbonyl (C=O) groups excluding carboxylic acids is 2. The minimum atomic E-state index is -0.207. The topological polar surface area (TPSA) is 93.6 Å². The van der Waals surface area contributed by atoms with Crippen LogP contribution in [0.15, 0.2) is 54.9 Å². The molecule has 1 fully saturated rings. The molecule has 0 unspecified atom stereocenters. The first kappa shape index (κ1) is 20.1. The number of benzene rings is 1. The number of ketones is 1. The summed E-state index contributed by atoms with van der Waals surface area (Å²) in [7, 11) is 0. The van der Waals surface area contributed by atoms with Gasteiger partial charge in [0.25, 0.3) is 5.91 Å². The Morgan fingerprint density at radius 1 is 1.00 bits per heavy atom. The van der Waals surface area contributed by atoms with Crippen LogP contribution in [0, 0.1) is 0 Å². The van der Waals surface area contributed by atoms with Crippen LogP contribution in [0.1, 0.15) is 21.6 Å². The van der Waals surface area contributed by atoms with E-state index in [0.717, 1.165) is 30.2 Å². The number of aromatic nitrogens is 2. The van der Waals surface area contributed by atoms with Crippen molar-refractivity contribution in [2.45, 2.75) is 12.8 Å².